The predicted octanol–water partition coefficient (Wildman–Crippen LogP) is 1.31. The van der Waals surface area contributed by atoms with E-state index in [4.69, 9.17) is 0 Å². The maximum absolute atomic E-state index is 12.0. The molecule has 5 heteroatoms. The fourth-order valence-corrected chi connectivity index (χ4v) is 2.43. The summed E-state index contributed by atoms with van der Waals surface area (Å²) in [6.45, 7) is 7.95. The molecule has 94 valence electrons. The second-order valence-electron chi connectivity index (χ2n) is 4.81. The minimum Gasteiger partial charge on any atom is -0.321 e. The van der Waals surface area contributed by atoms with E-state index in [1.165, 1.54) is 12.8 Å². The Hall–Kier alpha value is -0.480. The van der Waals surface area contributed by atoms with Crippen LogP contribution < -0.4 is 5.32 Å². The van der Waals surface area contributed by atoms with Gasteiger partial charge in [-0.15, -0.1) is 12.4 Å². The first-order chi connectivity index (χ1) is 7.18. The Bertz CT molecular complexity index is 241. The number of hydrogen-bond donors (Lipinski definition) is 1. The molecule has 2 aliphatic heterocycles. The predicted molar refractivity (Wildman–Crippen MR) is 67.1 cm³/mol. The van der Waals surface area contributed by atoms with Crippen molar-refractivity contribution in [1.29, 1.82) is 0 Å². The molecular weight excluding hydrogens is 226 g/mol. The zero-order valence-electron chi connectivity index (χ0n) is 10.1. The molecule has 0 unspecified atom stereocenters. The highest BCUT2D eigenvalue weighted by molar-refractivity contribution is 5.85. The number of hydrogen-bond acceptors (Lipinski definition) is 2. The van der Waals surface area contributed by atoms with Crippen molar-refractivity contribution in [2.75, 3.05) is 26.2 Å². The lowest BCUT2D eigenvalue weighted by molar-refractivity contribution is 0.180. The van der Waals surface area contributed by atoms with Crippen LogP contribution in [-0.2, 0) is 0 Å². The summed E-state index contributed by atoms with van der Waals surface area (Å²) in [5, 5.41) is 3.44. The van der Waals surface area contributed by atoms with E-state index in [9.17, 15) is 4.79 Å². The summed E-state index contributed by atoms with van der Waals surface area (Å²) in [5.41, 5.74) is 0. The van der Waals surface area contributed by atoms with Gasteiger partial charge in [0.1, 0.15) is 0 Å². The van der Waals surface area contributed by atoms with E-state index in [0.29, 0.717) is 12.1 Å². The summed E-state index contributed by atoms with van der Waals surface area (Å²) in [5.74, 6) is 0. The lowest BCUT2D eigenvalue weighted by atomic mass is 10.2. The highest BCUT2D eigenvalue weighted by atomic mass is 35.5. The molecule has 2 saturated heterocycles. The minimum atomic E-state index is 0. The van der Waals surface area contributed by atoms with Crippen LogP contribution in [-0.4, -0.2) is 54.1 Å². The molecule has 0 aromatic heterocycles. The van der Waals surface area contributed by atoms with Crippen LogP contribution in [0.5, 0.6) is 0 Å². The van der Waals surface area contributed by atoms with Gasteiger partial charge in [0.05, 0.1) is 0 Å². The highest BCUT2D eigenvalue weighted by Crippen LogP contribution is 2.15. The first-order valence-electron chi connectivity index (χ1n) is 5.97. The van der Waals surface area contributed by atoms with Crippen molar-refractivity contribution in [3.8, 4) is 0 Å². The van der Waals surface area contributed by atoms with Crippen LogP contribution in [0.25, 0.3) is 0 Å². The maximum Gasteiger partial charge on any atom is 0.320 e. The largest absolute Gasteiger partial charge is 0.321 e. The normalized spacial score (nSPS) is 25.4. The molecule has 2 fully saturated rings. The molecule has 2 aliphatic rings. The van der Waals surface area contributed by atoms with Crippen molar-refractivity contribution in [2.45, 2.75) is 38.8 Å². The van der Waals surface area contributed by atoms with Crippen LogP contribution in [0.15, 0.2) is 0 Å². The molecule has 4 nitrogen and oxygen atoms in total. The van der Waals surface area contributed by atoms with E-state index in [-0.39, 0.29) is 18.4 Å². The molecular formula is C11H22ClN3O. The lowest BCUT2D eigenvalue weighted by Crippen LogP contribution is -2.41. The Balaban J connectivity index is 0.00000128. The van der Waals surface area contributed by atoms with Crippen LogP contribution in [0.3, 0.4) is 0 Å². The molecule has 0 bridgehead atoms. The monoisotopic (exact) mass is 247 g/mol. The number of carbonyl (C=O) groups excluding carboxylic acids is 1. The summed E-state index contributed by atoms with van der Waals surface area (Å²) in [6.07, 6.45) is 2.46. The number of rotatable bonds is 3. The maximum atomic E-state index is 12.0. The van der Waals surface area contributed by atoms with Gasteiger partial charge in [0.2, 0.25) is 0 Å². The number of halogens is 1. The molecule has 2 amide bonds. The quantitative estimate of drug-likeness (QED) is 0.816. The average Bonchev–Trinajstić information content (AvgIpc) is 2.78. The van der Waals surface area contributed by atoms with Gasteiger partial charge >= 0.3 is 6.03 Å². The summed E-state index contributed by atoms with van der Waals surface area (Å²) < 4.78 is 0. The van der Waals surface area contributed by atoms with E-state index in [2.05, 4.69) is 19.2 Å². The number of amides is 2. The van der Waals surface area contributed by atoms with Crippen molar-refractivity contribution in [1.82, 2.24) is 15.1 Å². The highest BCUT2D eigenvalue weighted by Gasteiger charge is 2.31. The molecule has 2 rings (SSSR count). The van der Waals surface area contributed by atoms with E-state index >= 15 is 0 Å². The zero-order valence-corrected chi connectivity index (χ0v) is 10.9. The Morgan fingerprint density at radius 1 is 1.44 bits per heavy atom. The van der Waals surface area contributed by atoms with Gasteiger partial charge in [-0.1, -0.05) is 0 Å². The standard InChI is InChI=1S/C11H21N3O.ClH/c1-9(2)14-7-6-13(11(14)15)8-10-4-3-5-12-10;/h9-10,12H,3-8H2,1-2H3;1H/t10-;/m1./s1. The molecule has 0 saturated carbocycles. The fourth-order valence-electron chi connectivity index (χ4n) is 2.43. The van der Waals surface area contributed by atoms with Crippen LogP contribution in [0, 0.1) is 0 Å². The lowest BCUT2D eigenvalue weighted by Gasteiger charge is -2.23. The molecule has 16 heavy (non-hydrogen) atoms. The molecule has 0 aromatic carbocycles. The third kappa shape index (κ3) is 2.80. The Kier molecular flexibility index (Phi) is 4.87. The first-order valence-corrected chi connectivity index (χ1v) is 5.97. The van der Waals surface area contributed by atoms with Crippen molar-refractivity contribution < 1.29 is 4.79 Å². The van der Waals surface area contributed by atoms with Gasteiger partial charge in [0.25, 0.3) is 0 Å². The van der Waals surface area contributed by atoms with Gasteiger partial charge in [-0.25, -0.2) is 4.79 Å². The Labute approximate surface area is 104 Å². The van der Waals surface area contributed by atoms with Gasteiger partial charge in [0.15, 0.2) is 0 Å². The fraction of sp³-hybridized carbons (Fsp3) is 0.909. The van der Waals surface area contributed by atoms with Crippen LogP contribution in [0.2, 0.25) is 0 Å². The number of carbonyl (C=O) groups is 1. The van der Waals surface area contributed by atoms with Crippen LogP contribution >= 0.6 is 12.4 Å². The minimum absolute atomic E-state index is 0. The summed E-state index contributed by atoms with van der Waals surface area (Å²) >= 11 is 0. The number of nitrogens with zero attached hydrogens (tertiary/aromatic N) is 2. The third-order valence-corrected chi connectivity index (χ3v) is 3.35. The van der Waals surface area contributed by atoms with Crippen LogP contribution in [0.1, 0.15) is 26.7 Å². The van der Waals surface area contributed by atoms with Gasteiger partial charge in [0, 0.05) is 31.7 Å². The van der Waals surface area contributed by atoms with Gasteiger partial charge < -0.3 is 15.1 Å². The molecule has 0 aromatic rings. The molecule has 0 aliphatic carbocycles. The summed E-state index contributed by atoms with van der Waals surface area (Å²) in [6, 6.07) is 1.08. The molecule has 1 N–H and O–H groups in total. The average molecular weight is 248 g/mol. The molecule has 2 heterocycles. The Morgan fingerprint density at radius 3 is 2.69 bits per heavy atom. The van der Waals surface area contributed by atoms with Crippen molar-refractivity contribution in [2.24, 2.45) is 0 Å². The van der Waals surface area contributed by atoms with Crippen molar-refractivity contribution >= 4 is 18.4 Å². The molecule has 0 spiro atoms. The number of urea groups is 1. The van der Waals surface area contributed by atoms with Gasteiger partial charge in [-0.3, -0.25) is 0 Å². The van der Waals surface area contributed by atoms with Crippen molar-refractivity contribution in [3.05, 3.63) is 0 Å². The Morgan fingerprint density at radius 2 is 2.19 bits per heavy atom. The SMILES string of the molecule is CC(C)N1CCN(C[C@H]2CCCN2)C1=O.Cl. The summed E-state index contributed by atoms with van der Waals surface area (Å²) in [4.78, 5) is 15.9. The number of nitrogens with one attached hydrogen (secondary N) is 1. The molecule has 1 atom stereocenters. The second kappa shape index (κ2) is 5.73. The summed E-state index contributed by atoms with van der Waals surface area (Å²) in [7, 11) is 0. The first kappa shape index (κ1) is 13.6. The third-order valence-electron chi connectivity index (χ3n) is 3.35. The van der Waals surface area contributed by atoms with Crippen molar-refractivity contribution in [3.63, 3.8) is 0 Å². The van der Waals surface area contributed by atoms with E-state index < -0.39 is 0 Å². The van der Waals surface area contributed by atoms with E-state index in [1.54, 1.807) is 0 Å². The van der Waals surface area contributed by atoms with Gasteiger partial charge in [-0.05, 0) is 33.2 Å². The topological polar surface area (TPSA) is 35.6 Å². The van der Waals surface area contributed by atoms with Crippen LogP contribution in [0.4, 0.5) is 4.79 Å². The smallest absolute Gasteiger partial charge is 0.320 e. The molecule has 0 radical (unpaired) electrons. The van der Waals surface area contributed by atoms with E-state index in [0.717, 1.165) is 26.2 Å². The zero-order chi connectivity index (χ0) is 10.8. The van der Waals surface area contributed by atoms with E-state index in [1.807, 2.05) is 9.80 Å². The van der Waals surface area contributed by atoms with Gasteiger partial charge in [-0.2, -0.15) is 0 Å². The second-order valence-corrected chi connectivity index (χ2v) is 4.81.